The molecule has 2 heterocycles. The zero-order chi connectivity index (χ0) is 12.1. The fourth-order valence-electron chi connectivity index (χ4n) is 2.88. The summed E-state index contributed by atoms with van der Waals surface area (Å²) < 4.78 is 5.14. The Morgan fingerprint density at radius 2 is 1.82 bits per heavy atom. The summed E-state index contributed by atoms with van der Waals surface area (Å²) in [6.07, 6.45) is 1.37. The first kappa shape index (κ1) is 13.3. The maximum absolute atomic E-state index is 5.14. The van der Waals surface area contributed by atoms with Gasteiger partial charge < -0.3 is 19.4 Å². The van der Waals surface area contributed by atoms with Gasteiger partial charge >= 0.3 is 0 Å². The number of hydrogen-bond acceptors (Lipinski definition) is 4. The molecule has 0 amide bonds. The molecule has 0 N–H and O–H groups in total. The monoisotopic (exact) mass is 241 g/mol. The summed E-state index contributed by atoms with van der Waals surface area (Å²) in [6, 6.07) is 0. The second-order valence-electron chi connectivity index (χ2n) is 5.55. The summed E-state index contributed by atoms with van der Waals surface area (Å²) in [4.78, 5) is 7.62. The van der Waals surface area contributed by atoms with E-state index in [-0.39, 0.29) is 0 Å². The lowest BCUT2D eigenvalue weighted by Crippen LogP contribution is -2.46. The predicted molar refractivity (Wildman–Crippen MR) is 70.4 cm³/mol. The SMILES string of the molecule is COCCN1CCC(CN2CCN(C)CC2)C1. The van der Waals surface area contributed by atoms with E-state index in [0.717, 1.165) is 19.1 Å². The highest BCUT2D eigenvalue weighted by Gasteiger charge is 2.25. The van der Waals surface area contributed by atoms with Crippen LogP contribution in [0.5, 0.6) is 0 Å². The summed E-state index contributed by atoms with van der Waals surface area (Å²) in [5.41, 5.74) is 0. The van der Waals surface area contributed by atoms with Crippen molar-refractivity contribution in [2.75, 3.05) is 73.1 Å². The van der Waals surface area contributed by atoms with Gasteiger partial charge in [-0.3, -0.25) is 0 Å². The van der Waals surface area contributed by atoms with Gasteiger partial charge in [-0.1, -0.05) is 0 Å². The minimum Gasteiger partial charge on any atom is -0.383 e. The molecule has 0 radical (unpaired) electrons. The van der Waals surface area contributed by atoms with Crippen molar-refractivity contribution in [1.82, 2.24) is 14.7 Å². The lowest BCUT2D eigenvalue weighted by molar-refractivity contribution is 0.131. The van der Waals surface area contributed by atoms with Crippen molar-refractivity contribution in [1.29, 1.82) is 0 Å². The molecular formula is C13H27N3O. The summed E-state index contributed by atoms with van der Waals surface area (Å²) in [5, 5.41) is 0. The standard InChI is InChI=1S/C13H27N3O/c1-14-5-7-16(8-6-14)12-13-3-4-15(11-13)9-10-17-2/h13H,3-12H2,1-2H3. The van der Waals surface area contributed by atoms with Gasteiger partial charge in [-0.05, 0) is 25.9 Å². The number of hydrogen-bond donors (Lipinski definition) is 0. The van der Waals surface area contributed by atoms with Crippen LogP contribution < -0.4 is 0 Å². The van der Waals surface area contributed by atoms with E-state index in [1.165, 1.54) is 52.2 Å². The Labute approximate surface area is 105 Å². The van der Waals surface area contributed by atoms with E-state index in [2.05, 4.69) is 21.7 Å². The Bertz CT molecular complexity index is 217. The molecule has 0 saturated carbocycles. The number of rotatable bonds is 5. The molecule has 2 aliphatic heterocycles. The van der Waals surface area contributed by atoms with E-state index in [9.17, 15) is 0 Å². The number of ether oxygens (including phenoxy) is 1. The van der Waals surface area contributed by atoms with Crippen molar-refractivity contribution in [3.8, 4) is 0 Å². The van der Waals surface area contributed by atoms with Crippen molar-refractivity contribution in [2.45, 2.75) is 6.42 Å². The smallest absolute Gasteiger partial charge is 0.0589 e. The molecule has 2 aliphatic rings. The fraction of sp³-hybridized carbons (Fsp3) is 1.00. The molecule has 2 fully saturated rings. The van der Waals surface area contributed by atoms with Crippen LogP contribution in [0.25, 0.3) is 0 Å². The van der Waals surface area contributed by atoms with Crippen LogP contribution in [0.2, 0.25) is 0 Å². The fourth-order valence-corrected chi connectivity index (χ4v) is 2.88. The van der Waals surface area contributed by atoms with Crippen LogP contribution >= 0.6 is 0 Å². The van der Waals surface area contributed by atoms with Gasteiger partial charge in [0.05, 0.1) is 6.61 Å². The Kier molecular flexibility index (Phi) is 5.22. The van der Waals surface area contributed by atoms with Gasteiger partial charge in [-0.25, -0.2) is 0 Å². The highest BCUT2D eigenvalue weighted by Crippen LogP contribution is 2.17. The maximum atomic E-state index is 5.14. The minimum atomic E-state index is 0.876. The number of nitrogens with zero attached hydrogens (tertiary/aromatic N) is 3. The minimum absolute atomic E-state index is 0.876. The summed E-state index contributed by atoms with van der Waals surface area (Å²) in [6.45, 7) is 10.8. The van der Waals surface area contributed by atoms with Crippen LogP contribution in [-0.2, 0) is 4.74 Å². The number of likely N-dealkylation sites (N-methyl/N-ethyl adjacent to an activating group) is 1. The predicted octanol–water partition coefficient (Wildman–Crippen LogP) is 0.202. The van der Waals surface area contributed by atoms with Crippen LogP contribution in [0.3, 0.4) is 0 Å². The van der Waals surface area contributed by atoms with Gasteiger partial charge in [0.1, 0.15) is 0 Å². The van der Waals surface area contributed by atoms with Crippen LogP contribution in [-0.4, -0.2) is 87.8 Å². The third kappa shape index (κ3) is 4.21. The largest absolute Gasteiger partial charge is 0.383 e. The Morgan fingerprint density at radius 3 is 2.53 bits per heavy atom. The van der Waals surface area contributed by atoms with Crippen molar-refractivity contribution in [3.63, 3.8) is 0 Å². The molecule has 0 aromatic heterocycles. The third-order valence-electron chi connectivity index (χ3n) is 4.09. The van der Waals surface area contributed by atoms with Gasteiger partial charge in [0.2, 0.25) is 0 Å². The van der Waals surface area contributed by atoms with E-state index in [0.29, 0.717) is 0 Å². The summed E-state index contributed by atoms with van der Waals surface area (Å²) in [7, 11) is 4.01. The van der Waals surface area contributed by atoms with Crippen LogP contribution in [0, 0.1) is 5.92 Å². The highest BCUT2D eigenvalue weighted by atomic mass is 16.5. The lowest BCUT2D eigenvalue weighted by Gasteiger charge is -2.33. The van der Waals surface area contributed by atoms with E-state index in [1.54, 1.807) is 7.11 Å². The van der Waals surface area contributed by atoms with Crippen LogP contribution in [0.4, 0.5) is 0 Å². The highest BCUT2D eigenvalue weighted by molar-refractivity contribution is 4.80. The molecule has 4 heteroatoms. The first-order chi connectivity index (χ1) is 8.28. The van der Waals surface area contributed by atoms with Gasteiger partial charge in [0.25, 0.3) is 0 Å². The topological polar surface area (TPSA) is 19.0 Å². The molecule has 0 aromatic carbocycles. The molecule has 0 bridgehead atoms. The van der Waals surface area contributed by atoms with Crippen molar-refractivity contribution >= 4 is 0 Å². The molecular weight excluding hydrogens is 214 g/mol. The van der Waals surface area contributed by atoms with Gasteiger partial charge in [-0.15, -0.1) is 0 Å². The van der Waals surface area contributed by atoms with E-state index in [1.807, 2.05) is 0 Å². The molecule has 1 unspecified atom stereocenters. The normalized spacial score (nSPS) is 28.9. The number of likely N-dealkylation sites (tertiary alicyclic amines) is 1. The molecule has 4 nitrogen and oxygen atoms in total. The Balaban J connectivity index is 1.64. The molecule has 2 saturated heterocycles. The van der Waals surface area contributed by atoms with Gasteiger partial charge in [0, 0.05) is 52.9 Å². The average Bonchev–Trinajstić information content (AvgIpc) is 2.77. The first-order valence-corrected chi connectivity index (χ1v) is 6.90. The maximum Gasteiger partial charge on any atom is 0.0589 e. The number of methoxy groups -OCH3 is 1. The van der Waals surface area contributed by atoms with E-state index in [4.69, 9.17) is 4.74 Å². The third-order valence-corrected chi connectivity index (χ3v) is 4.09. The summed E-state index contributed by atoms with van der Waals surface area (Å²) in [5.74, 6) is 0.885. The second-order valence-corrected chi connectivity index (χ2v) is 5.55. The molecule has 2 rings (SSSR count). The molecule has 0 aliphatic carbocycles. The van der Waals surface area contributed by atoms with Crippen LogP contribution in [0.15, 0.2) is 0 Å². The molecule has 17 heavy (non-hydrogen) atoms. The van der Waals surface area contributed by atoms with E-state index < -0.39 is 0 Å². The Morgan fingerprint density at radius 1 is 1.06 bits per heavy atom. The van der Waals surface area contributed by atoms with E-state index >= 15 is 0 Å². The summed E-state index contributed by atoms with van der Waals surface area (Å²) >= 11 is 0. The second kappa shape index (κ2) is 6.69. The Hall–Kier alpha value is -0.160. The van der Waals surface area contributed by atoms with Crippen molar-refractivity contribution in [2.24, 2.45) is 5.92 Å². The van der Waals surface area contributed by atoms with Crippen molar-refractivity contribution in [3.05, 3.63) is 0 Å². The molecule has 0 aromatic rings. The average molecular weight is 241 g/mol. The molecule has 0 spiro atoms. The zero-order valence-electron chi connectivity index (χ0n) is 11.4. The molecule has 1 atom stereocenters. The quantitative estimate of drug-likeness (QED) is 0.684. The van der Waals surface area contributed by atoms with Crippen LogP contribution in [0.1, 0.15) is 6.42 Å². The van der Waals surface area contributed by atoms with Gasteiger partial charge in [0.15, 0.2) is 0 Å². The number of piperazine rings is 1. The van der Waals surface area contributed by atoms with Gasteiger partial charge in [-0.2, -0.15) is 0 Å². The molecule has 100 valence electrons. The van der Waals surface area contributed by atoms with Crippen molar-refractivity contribution < 1.29 is 4.74 Å². The lowest BCUT2D eigenvalue weighted by atomic mass is 10.1. The zero-order valence-corrected chi connectivity index (χ0v) is 11.4. The first-order valence-electron chi connectivity index (χ1n) is 6.90.